The molecule has 2 aliphatic carbocycles. The lowest BCUT2D eigenvalue weighted by Gasteiger charge is -2.31. The van der Waals surface area contributed by atoms with Gasteiger partial charge in [0.25, 0.3) is 0 Å². The van der Waals surface area contributed by atoms with Gasteiger partial charge in [-0.15, -0.1) is 0 Å². The minimum Gasteiger partial charge on any atom is -0.311 e. The van der Waals surface area contributed by atoms with Gasteiger partial charge in [0.2, 0.25) is 0 Å². The standard InChI is InChI=1S/C16H27N/c1-13(15-9-5-3-6-10-15)17-14(2)16-11-7-4-8-12-16/h5,7,9,11,13-17H,3-4,6,8,10,12H2,1-2H3. The van der Waals surface area contributed by atoms with Crippen molar-refractivity contribution in [1.29, 1.82) is 0 Å². The summed E-state index contributed by atoms with van der Waals surface area (Å²) < 4.78 is 0. The highest BCUT2D eigenvalue weighted by molar-refractivity contribution is 5.00. The van der Waals surface area contributed by atoms with Crippen LogP contribution in [0.5, 0.6) is 0 Å². The summed E-state index contributed by atoms with van der Waals surface area (Å²) in [5.74, 6) is 1.50. The van der Waals surface area contributed by atoms with Crippen molar-refractivity contribution in [2.24, 2.45) is 11.8 Å². The molecule has 0 aliphatic heterocycles. The molecule has 2 aliphatic rings. The maximum Gasteiger partial charge on any atom is 0.0104 e. The normalized spacial score (nSPS) is 32.4. The molecule has 0 amide bonds. The summed E-state index contributed by atoms with van der Waals surface area (Å²) in [6.45, 7) is 4.70. The highest BCUT2D eigenvalue weighted by Gasteiger charge is 2.22. The molecule has 0 saturated heterocycles. The molecule has 1 nitrogen and oxygen atoms in total. The Morgan fingerprint density at radius 2 is 1.35 bits per heavy atom. The molecule has 0 aromatic rings. The van der Waals surface area contributed by atoms with Gasteiger partial charge in [0.15, 0.2) is 0 Å². The second-order valence-electron chi connectivity index (χ2n) is 5.79. The van der Waals surface area contributed by atoms with E-state index in [0.29, 0.717) is 12.1 Å². The van der Waals surface area contributed by atoms with Gasteiger partial charge in [0.1, 0.15) is 0 Å². The quantitative estimate of drug-likeness (QED) is 0.722. The van der Waals surface area contributed by atoms with Crippen LogP contribution >= 0.6 is 0 Å². The molecule has 1 heteroatoms. The van der Waals surface area contributed by atoms with Crippen molar-refractivity contribution < 1.29 is 0 Å². The molecule has 2 rings (SSSR count). The molecule has 1 N–H and O–H groups in total. The molecule has 0 aromatic heterocycles. The maximum absolute atomic E-state index is 3.82. The summed E-state index contributed by atoms with van der Waals surface area (Å²) in [5.41, 5.74) is 0. The van der Waals surface area contributed by atoms with Crippen LogP contribution in [0, 0.1) is 11.8 Å². The first-order valence-electron chi connectivity index (χ1n) is 7.37. The summed E-state index contributed by atoms with van der Waals surface area (Å²) >= 11 is 0. The third-order valence-corrected chi connectivity index (χ3v) is 4.39. The third-order valence-electron chi connectivity index (χ3n) is 4.39. The summed E-state index contributed by atoms with van der Waals surface area (Å²) in [7, 11) is 0. The Bertz CT molecular complexity index is 251. The maximum atomic E-state index is 3.82. The Kier molecular flexibility index (Phi) is 4.85. The zero-order valence-corrected chi connectivity index (χ0v) is 11.4. The van der Waals surface area contributed by atoms with E-state index in [4.69, 9.17) is 0 Å². The summed E-state index contributed by atoms with van der Waals surface area (Å²) in [6.07, 6.45) is 17.6. The molecular formula is C16H27N. The number of nitrogens with one attached hydrogen (secondary N) is 1. The van der Waals surface area contributed by atoms with Crippen LogP contribution in [0.2, 0.25) is 0 Å². The van der Waals surface area contributed by atoms with Crippen molar-refractivity contribution in [3.8, 4) is 0 Å². The van der Waals surface area contributed by atoms with Crippen LogP contribution in [0.4, 0.5) is 0 Å². The van der Waals surface area contributed by atoms with E-state index in [-0.39, 0.29) is 0 Å². The predicted molar refractivity (Wildman–Crippen MR) is 75.0 cm³/mol. The number of hydrogen-bond donors (Lipinski definition) is 1. The van der Waals surface area contributed by atoms with Crippen molar-refractivity contribution in [2.75, 3.05) is 0 Å². The fourth-order valence-electron chi connectivity index (χ4n) is 3.17. The van der Waals surface area contributed by atoms with Crippen LogP contribution in [0.3, 0.4) is 0 Å². The lowest BCUT2D eigenvalue weighted by molar-refractivity contribution is 0.314. The van der Waals surface area contributed by atoms with Gasteiger partial charge in [-0.25, -0.2) is 0 Å². The first-order valence-corrected chi connectivity index (χ1v) is 7.37. The molecule has 4 unspecified atom stereocenters. The van der Waals surface area contributed by atoms with E-state index in [1.54, 1.807) is 0 Å². The molecule has 0 spiro atoms. The Morgan fingerprint density at radius 3 is 1.71 bits per heavy atom. The highest BCUT2D eigenvalue weighted by atomic mass is 14.9. The van der Waals surface area contributed by atoms with Crippen molar-refractivity contribution in [3.05, 3.63) is 24.3 Å². The van der Waals surface area contributed by atoms with E-state index in [9.17, 15) is 0 Å². The van der Waals surface area contributed by atoms with Gasteiger partial charge in [-0.1, -0.05) is 24.3 Å². The Balaban J connectivity index is 1.82. The fourth-order valence-corrected chi connectivity index (χ4v) is 3.17. The highest BCUT2D eigenvalue weighted by Crippen LogP contribution is 2.24. The Labute approximate surface area is 106 Å². The smallest absolute Gasteiger partial charge is 0.0104 e. The van der Waals surface area contributed by atoms with E-state index >= 15 is 0 Å². The van der Waals surface area contributed by atoms with Gasteiger partial charge in [-0.05, 0) is 64.2 Å². The van der Waals surface area contributed by atoms with E-state index in [2.05, 4.69) is 43.5 Å². The molecular weight excluding hydrogens is 206 g/mol. The van der Waals surface area contributed by atoms with Gasteiger partial charge in [-0.3, -0.25) is 0 Å². The number of rotatable bonds is 4. The molecule has 0 fully saturated rings. The van der Waals surface area contributed by atoms with Crippen molar-refractivity contribution in [1.82, 2.24) is 5.32 Å². The average molecular weight is 233 g/mol. The van der Waals surface area contributed by atoms with Crippen LogP contribution in [-0.2, 0) is 0 Å². The van der Waals surface area contributed by atoms with Gasteiger partial charge in [0, 0.05) is 12.1 Å². The van der Waals surface area contributed by atoms with Crippen LogP contribution in [0.1, 0.15) is 52.4 Å². The van der Waals surface area contributed by atoms with E-state index in [0.717, 1.165) is 11.8 Å². The van der Waals surface area contributed by atoms with Crippen LogP contribution < -0.4 is 5.32 Å². The molecule has 0 saturated carbocycles. The second-order valence-corrected chi connectivity index (χ2v) is 5.79. The first kappa shape index (κ1) is 12.9. The zero-order valence-electron chi connectivity index (χ0n) is 11.4. The third kappa shape index (κ3) is 3.70. The van der Waals surface area contributed by atoms with Crippen LogP contribution in [0.25, 0.3) is 0 Å². The van der Waals surface area contributed by atoms with E-state index in [1.165, 1.54) is 38.5 Å². The molecule has 0 bridgehead atoms. The van der Waals surface area contributed by atoms with Crippen LogP contribution in [-0.4, -0.2) is 12.1 Å². The van der Waals surface area contributed by atoms with Crippen molar-refractivity contribution in [2.45, 2.75) is 64.5 Å². The van der Waals surface area contributed by atoms with Gasteiger partial charge < -0.3 is 5.32 Å². The summed E-state index contributed by atoms with van der Waals surface area (Å²) in [5, 5.41) is 3.82. The zero-order chi connectivity index (χ0) is 12.1. The largest absolute Gasteiger partial charge is 0.311 e. The second kappa shape index (κ2) is 6.39. The van der Waals surface area contributed by atoms with Gasteiger partial charge >= 0.3 is 0 Å². The lowest BCUT2D eigenvalue weighted by atomic mass is 9.87. The summed E-state index contributed by atoms with van der Waals surface area (Å²) in [4.78, 5) is 0. The molecule has 0 radical (unpaired) electrons. The number of allylic oxidation sites excluding steroid dienone is 2. The van der Waals surface area contributed by atoms with Gasteiger partial charge in [0.05, 0.1) is 0 Å². The Hall–Kier alpha value is -0.560. The van der Waals surface area contributed by atoms with Crippen molar-refractivity contribution >= 4 is 0 Å². The minimum absolute atomic E-state index is 0.622. The topological polar surface area (TPSA) is 12.0 Å². The first-order chi connectivity index (χ1) is 8.27. The van der Waals surface area contributed by atoms with E-state index < -0.39 is 0 Å². The molecule has 96 valence electrons. The predicted octanol–water partition coefficient (Wildman–Crippen LogP) is 4.07. The van der Waals surface area contributed by atoms with E-state index in [1.807, 2.05) is 0 Å². The van der Waals surface area contributed by atoms with Gasteiger partial charge in [-0.2, -0.15) is 0 Å². The molecule has 0 heterocycles. The Morgan fingerprint density at radius 1 is 0.882 bits per heavy atom. The fraction of sp³-hybridized carbons (Fsp3) is 0.750. The van der Waals surface area contributed by atoms with Crippen molar-refractivity contribution in [3.63, 3.8) is 0 Å². The van der Waals surface area contributed by atoms with Crippen LogP contribution in [0.15, 0.2) is 24.3 Å². The SMILES string of the molecule is CC(NC(C)C1C=CCCC1)C1C=CCCC1. The molecule has 17 heavy (non-hydrogen) atoms. The molecule has 4 atom stereocenters. The lowest BCUT2D eigenvalue weighted by Crippen LogP contribution is -2.43. The average Bonchev–Trinajstić information content (AvgIpc) is 2.40. The summed E-state index contributed by atoms with van der Waals surface area (Å²) in [6, 6.07) is 1.24. The monoisotopic (exact) mass is 233 g/mol. The minimum atomic E-state index is 0.622. The number of hydrogen-bond acceptors (Lipinski definition) is 1. The molecule has 0 aromatic carbocycles.